The Morgan fingerprint density at radius 2 is 1.27 bits per heavy atom. The summed E-state index contributed by atoms with van der Waals surface area (Å²) in [5.74, 6) is 2.78. The Bertz CT molecular complexity index is 727. The van der Waals surface area contributed by atoms with Crippen molar-refractivity contribution in [1.82, 2.24) is 0 Å². The lowest BCUT2D eigenvalue weighted by Gasteiger charge is -2.23. The summed E-state index contributed by atoms with van der Waals surface area (Å²) in [5.41, 5.74) is 4.34. The fourth-order valence-electron chi connectivity index (χ4n) is 4.06. The summed E-state index contributed by atoms with van der Waals surface area (Å²) in [6.07, 6.45) is 4.63. The van der Waals surface area contributed by atoms with Gasteiger partial charge in [0.1, 0.15) is 5.75 Å². The first-order valence-electron chi connectivity index (χ1n) is 11.9. The molecule has 166 valence electrons. The highest BCUT2D eigenvalue weighted by molar-refractivity contribution is 5.31. The van der Waals surface area contributed by atoms with Crippen LogP contribution in [0.2, 0.25) is 0 Å². The molecule has 3 unspecified atom stereocenters. The lowest BCUT2D eigenvalue weighted by atomic mass is 9.84. The third kappa shape index (κ3) is 7.80. The van der Waals surface area contributed by atoms with Gasteiger partial charge in [0.2, 0.25) is 0 Å². The van der Waals surface area contributed by atoms with Crippen molar-refractivity contribution in [3.8, 4) is 5.75 Å². The number of nitrogens with zero attached hydrogens (tertiary/aromatic N) is 1. The van der Waals surface area contributed by atoms with Crippen molar-refractivity contribution in [3.63, 3.8) is 0 Å². The highest BCUT2D eigenvalue weighted by atomic mass is 16.5. The number of rotatable bonds is 12. The van der Waals surface area contributed by atoms with E-state index in [9.17, 15) is 0 Å². The first-order chi connectivity index (χ1) is 14.2. The Kier molecular flexibility index (Phi) is 9.42. The molecule has 0 aliphatic carbocycles. The van der Waals surface area contributed by atoms with Crippen molar-refractivity contribution in [2.75, 3.05) is 34.3 Å². The summed E-state index contributed by atoms with van der Waals surface area (Å²) in [5, 5.41) is 0. The molecule has 0 bridgehead atoms. The second kappa shape index (κ2) is 11.6. The van der Waals surface area contributed by atoms with E-state index in [-0.39, 0.29) is 0 Å². The molecular weight excluding hydrogens is 366 g/mol. The standard InChI is InChI=1S/C28H44NO/c1-8-22(3)25-11-13-26(14-12-25)23(4)21-24(9-2)27-15-17-28(18-16-27)30-20-10-19-29(5,6)7/h11-18,22-24H,8-10,19-21H2,1-7H3/q+1. The normalized spacial score (nSPS) is 14.9. The Morgan fingerprint density at radius 1 is 0.733 bits per heavy atom. The number of benzene rings is 2. The summed E-state index contributed by atoms with van der Waals surface area (Å²) in [6, 6.07) is 18.2. The molecule has 2 aromatic rings. The second-order valence-corrected chi connectivity index (χ2v) is 10.0. The molecule has 0 fully saturated rings. The molecule has 2 heteroatoms. The van der Waals surface area contributed by atoms with E-state index in [1.165, 1.54) is 36.0 Å². The van der Waals surface area contributed by atoms with Gasteiger partial charge in [-0.25, -0.2) is 0 Å². The molecule has 2 nitrogen and oxygen atoms in total. The van der Waals surface area contributed by atoms with E-state index in [4.69, 9.17) is 4.74 Å². The van der Waals surface area contributed by atoms with Crippen LogP contribution < -0.4 is 4.74 Å². The van der Waals surface area contributed by atoms with Crippen LogP contribution >= 0.6 is 0 Å². The van der Waals surface area contributed by atoms with E-state index in [1.54, 1.807) is 0 Å². The van der Waals surface area contributed by atoms with Crippen molar-refractivity contribution in [2.45, 2.75) is 71.1 Å². The van der Waals surface area contributed by atoms with Gasteiger partial charge >= 0.3 is 0 Å². The lowest BCUT2D eigenvalue weighted by molar-refractivity contribution is -0.870. The van der Waals surface area contributed by atoms with Crippen LogP contribution in [0.15, 0.2) is 48.5 Å². The molecule has 0 aliphatic rings. The monoisotopic (exact) mass is 410 g/mol. The van der Waals surface area contributed by atoms with E-state index in [0.29, 0.717) is 17.8 Å². The molecule has 0 aliphatic heterocycles. The molecule has 0 saturated carbocycles. The average Bonchev–Trinajstić information content (AvgIpc) is 2.74. The lowest BCUT2D eigenvalue weighted by Crippen LogP contribution is -2.35. The summed E-state index contributed by atoms with van der Waals surface area (Å²) < 4.78 is 6.93. The molecule has 0 heterocycles. The van der Waals surface area contributed by atoms with Crippen molar-refractivity contribution in [2.24, 2.45) is 0 Å². The zero-order valence-corrected chi connectivity index (χ0v) is 20.4. The van der Waals surface area contributed by atoms with Crippen molar-refractivity contribution < 1.29 is 9.22 Å². The summed E-state index contributed by atoms with van der Waals surface area (Å²) in [7, 11) is 6.67. The molecule has 0 amide bonds. The Morgan fingerprint density at radius 3 is 1.77 bits per heavy atom. The predicted molar refractivity (Wildman–Crippen MR) is 131 cm³/mol. The van der Waals surface area contributed by atoms with Gasteiger partial charge in [-0.05, 0) is 65.8 Å². The summed E-state index contributed by atoms with van der Waals surface area (Å²) >= 11 is 0. The SMILES string of the molecule is CCC(C)c1ccc(C(C)CC(CC)c2ccc(OCCC[N+](C)(C)C)cc2)cc1. The van der Waals surface area contributed by atoms with Gasteiger partial charge < -0.3 is 9.22 Å². The van der Waals surface area contributed by atoms with E-state index < -0.39 is 0 Å². The van der Waals surface area contributed by atoms with Gasteiger partial charge in [0.15, 0.2) is 0 Å². The molecule has 3 atom stereocenters. The number of hydrogen-bond donors (Lipinski definition) is 0. The van der Waals surface area contributed by atoms with Gasteiger partial charge in [-0.15, -0.1) is 0 Å². The van der Waals surface area contributed by atoms with E-state index >= 15 is 0 Å². The number of ether oxygens (including phenoxy) is 1. The Balaban J connectivity index is 1.92. The van der Waals surface area contributed by atoms with Gasteiger partial charge in [0, 0.05) is 6.42 Å². The number of quaternary nitrogens is 1. The minimum atomic E-state index is 0.562. The first kappa shape index (κ1) is 24.5. The fraction of sp³-hybridized carbons (Fsp3) is 0.571. The van der Waals surface area contributed by atoms with E-state index in [1.807, 2.05) is 0 Å². The molecule has 2 aromatic carbocycles. The van der Waals surface area contributed by atoms with Gasteiger partial charge in [-0.3, -0.25) is 0 Å². The van der Waals surface area contributed by atoms with Crippen LogP contribution in [-0.4, -0.2) is 38.8 Å². The largest absolute Gasteiger partial charge is 0.493 e. The maximum atomic E-state index is 5.95. The van der Waals surface area contributed by atoms with Crippen LogP contribution in [0, 0.1) is 0 Å². The highest BCUT2D eigenvalue weighted by Crippen LogP contribution is 2.33. The molecule has 30 heavy (non-hydrogen) atoms. The predicted octanol–water partition coefficient (Wildman–Crippen LogP) is 7.36. The molecule has 0 radical (unpaired) electrons. The Labute approximate surface area is 185 Å². The van der Waals surface area contributed by atoms with E-state index in [0.717, 1.165) is 29.8 Å². The second-order valence-electron chi connectivity index (χ2n) is 10.0. The highest BCUT2D eigenvalue weighted by Gasteiger charge is 2.16. The van der Waals surface area contributed by atoms with Crippen LogP contribution in [0.4, 0.5) is 0 Å². The smallest absolute Gasteiger partial charge is 0.119 e. The quantitative estimate of drug-likeness (QED) is 0.262. The van der Waals surface area contributed by atoms with Gasteiger partial charge in [-0.2, -0.15) is 0 Å². The average molecular weight is 411 g/mol. The van der Waals surface area contributed by atoms with E-state index in [2.05, 4.69) is 97.4 Å². The maximum Gasteiger partial charge on any atom is 0.119 e. The first-order valence-corrected chi connectivity index (χ1v) is 11.9. The molecular formula is C28H44NO+. The van der Waals surface area contributed by atoms with Gasteiger partial charge in [0.25, 0.3) is 0 Å². The van der Waals surface area contributed by atoms with Gasteiger partial charge in [-0.1, -0.05) is 64.1 Å². The molecule has 0 saturated heterocycles. The zero-order valence-electron chi connectivity index (χ0n) is 20.4. The van der Waals surface area contributed by atoms with Crippen molar-refractivity contribution in [1.29, 1.82) is 0 Å². The maximum absolute atomic E-state index is 5.95. The zero-order chi connectivity index (χ0) is 22.1. The molecule has 0 N–H and O–H groups in total. The fourth-order valence-corrected chi connectivity index (χ4v) is 4.06. The van der Waals surface area contributed by atoms with Crippen LogP contribution in [-0.2, 0) is 0 Å². The van der Waals surface area contributed by atoms with Crippen LogP contribution in [0.5, 0.6) is 5.75 Å². The minimum Gasteiger partial charge on any atom is -0.493 e. The van der Waals surface area contributed by atoms with Crippen LogP contribution in [0.1, 0.15) is 87.8 Å². The molecule has 0 aromatic heterocycles. The van der Waals surface area contributed by atoms with Gasteiger partial charge in [0.05, 0.1) is 34.3 Å². The van der Waals surface area contributed by atoms with Crippen LogP contribution in [0.25, 0.3) is 0 Å². The topological polar surface area (TPSA) is 9.23 Å². The van der Waals surface area contributed by atoms with Crippen molar-refractivity contribution in [3.05, 3.63) is 65.2 Å². The van der Waals surface area contributed by atoms with Crippen LogP contribution in [0.3, 0.4) is 0 Å². The molecule has 0 spiro atoms. The Hall–Kier alpha value is -1.80. The minimum absolute atomic E-state index is 0.562. The third-order valence-corrected chi connectivity index (χ3v) is 6.41. The summed E-state index contributed by atoms with van der Waals surface area (Å²) in [6.45, 7) is 11.2. The molecule has 2 rings (SSSR count). The third-order valence-electron chi connectivity index (χ3n) is 6.41. The van der Waals surface area contributed by atoms with Crippen molar-refractivity contribution >= 4 is 0 Å². The summed E-state index contributed by atoms with van der Waals surface area (Å²) in [4.78, 5) is 0. The number of hydrogen-bond acceptors (Lipinski definition) is 1.